The Morgan fingerprint density at radius 2 is 1.76 bits per heavy atom. The topological polar surface area (TPSA) is 73.4 Å². The smallest absolute Gasteiger partial charge is 0.315 e. The summed E-state index contributed by atoms with van der Waals surface area (Å²) in [5, 5.41) is 18.5. The average molecular weight is 341 g/mol. The first-order chi connectivity index (χ1) is 12.1. The molecule has 0 radical (unpaired) electrons. The van der Waals surface area contributed by atoms with Crippen LogP contribution in [0.15, 0.2) is 54.6 Å². The molecule has 0 bridgehead atoms. The van der Waals surface area contributed by atoms with Gasteiger partial charge in [-0.05, 0) is 43.5 Å². The Hall–Kier alpha value is -2.53. The summed E-state index contributed by atoms with van der Waals surface area (Å²) in [6.07, 6.45) is 0.596. The Kier molecular flexibility index (Phi) is 7.29. The third kappa shape index (κ3) is 6.85. The number of anilines is 1. The molecule has 1 unspecified atom stereocenters. The Morgan fingerprint density at radius 3 is 2.44 bits per heavy atom. The van der Waals surface area contributed by atoms with Crippen LogP contribution >= 0.6 is 0 Å². The van der Waals surface area contributed by atoms with Crippen molar-refractivity contribution < 1.29 is 9.90 Å². The number of carbonyl (C=O) groups excluding carboxylic acids is 1. The van der Waals surface area contributed by atoms with Crippen LogP contribution in [0.25, 0.3) is 0 Å². The molecule has 0 spiro atoms. The van der Waals surface area contributed by atoms with E-state index in [0.29, 0.717) is 19.0 Å². The van der Waals surface area contributed by atoms with Gasteiger partial charge in [0.15, 0.2) is 0 Å². The van der Waals surface area contributed by atoms with Gasteiger partial charge in [0.05, 0.1) is 12.6 Å². The number of hydrogen-bond acceptors (Lipinski definition) is 3. The summed E-state index contributed by atoms with van der Waals surface area (Å²) in [5.74, 6) is 0. The molecule has 25 heavy (non-hydrogen) atoms. The van der Waals surface area contributed by atoms with E-state index in [2.05, 4.69) is 29.8 Å². The van der Waals surface area contributed by atoms with Crippen molar-refractivity contribution in [2.45, 2.75) is 38.9 Å². The molecule has 2 rings (SSSR count). The number of nitrogens with one attached hydrogen (secondary N) is 3. The summed E-state index contributed by atoms with van der Waals surface area (Å²) in [5.41, 5.74) is 3.13. The van der Waals surface area contributed by atoms with Crippen LogP contribution in [0.1, 0.15) is 25.0 Å². The number of urea groups is 1. The molecular weight excluding hydrogens is 314 g/mol. The molecule has 5 heteroatoms. The van der Waals surface area contributed by atoms with Crippen LogP contribution in [0.2, 0.25) is 0 Å². The standard InChI is InChI=1S/C20H27N3O2/c1-15(2)22-18-10-6-9-17(12-18)13-21-20(25)23-19(14-24)11-16-7-4-3-5-8-16/h3-10,12,15,19,22,24H,11,13-14H2,1-2H3,(H2,21,23,25). The predicted octanol–water partition coefficient (Wildman–Crippen LogP) is 2.91. The molecule has 0 saturated heterocycles. The maximum atomic E-state index is 12.1. The fourth-order valence-corrected chi connectivity index (χ4v) is 2.58. The van der Waals surface area contributed by atoms with Crippen molar-refractivity contribution in [2.75, 3.05) is 11.9 Å². The number of benzene rings is 2. The second kappa shape index (κ2) is 9.69. The Labute approximate surface area is 149 Å². The third-order valence-corrected chi connectivity index (χ3v) is 3.72. The number of hydrogen-bond donors (Lipinski definition) is 4. The van der Waals surface area contributed by atoms with Gasteiger partial charge in [0.1, 0.15) is 0 Å². The van der Waals surface area contributed by atoms with Crippen LogP contribution in [-0.2, 0) is 13.0 Å². The molecule has 134 valence electrons. The molecule has 5 nitrogen and oxygen atoms in total. The Balaban J connectivity index is 1.83. The van der Waals surface area contributed by atoms with E-state index < -0.39 is 0 Å². The molecule has 0 heterocycles. The van der Waals surface area contributed by atoms with Crippen LogP contribution in [-0.4, -0.2) is 29.8 Å². The lowest BCUT2D eigenvalue weighted by molar-refractivity contribution is 0.215. The fraction of sp³-hybridized carbons (Fsp3) is 0.350. The van der Waals surface area contributed by atoms with Crippen molar-refractivity contribution in [3.05, 3.63) is 65.7 Å². The van der Waals surface area contributed by atoms with Gasteiger partial charge in [-0.3, -0.25) is 0 Å². The van der Waals surface area contributed by atoms with Crippen molar-refractivity contribution in [1.82, 2.24) is 10.6 Å². The van der Waals surface area contributed by atoms with Gasteiger partial charge in [-0.25, -0.2) is 4.79 Å². The first-order valence-corrected chi connectivity index (χ1v) is 8.61. The quantitative estimate of drug-likeness (QED) is 0.596. The second-order valence-electron chi connectivity index (χ2n) is 6.40. The molecule has 0 fully saturated rings. The van der Waals surface area contributed by atoms with Crippen LogP contribution in [0, 0.1) is 0 Å². The van der Waals surface area contributed by atoms with E-state index >= 15 is 0 Å². The molecule has 4 N–H and O–H groups in total. The lowest BCUT2D eigenvalue weighted by Gasteiger charge is -2.17. The van der Waals surface area contributed by atoms with Crippen LogP contribution in [0.5, 0.6) is 0 Å². The number of rotatable bonds is 8. The highest BCUT2D eigenvalue weighted by atomic mass is 16.3. The van der Waals surface area contributed by atoms with Crippen molar-refractivity contribution in [2.24, 2.45) is 0 Å². The SMILES string of the molecule is CC(C)Nc1cccc(CNC(=O)NC(CO)Cc2ccccc2)c1. The van der Waals surface area contributed by atoms with Gasteiger partial charge in [-0.15, -0.1) is 0 Å². The van der Waals surface area contributed by atoms with Crippen molar-refractivity contribution >= 4 is 11.7 Å². The zero-order valence-electron chi connectivity index (χ0n) is 14.8. The average Bonchev–Trinajstić information content (AvgIpc) is 2.60. The molecule has 0 saturated carbocycles. The summed E-state index contributed by atoms with van der Waals surface area (Å²) >= 11 is 0. The lowest BCUT2D eigenvalue weighted by atomic mass is 10.1. The summed E-state index contributed by atoms with van der Waals surface area (Å²) in [7, 11) is 0. The van der Waals surface area contributed by atoms with Gasteiger partial charge in [0, 0.05) is 18.3 Å². The van der Waals surface area contributed by atoms with Crippen LogP contribution < -0.4 is 16.0 Å². The highest BCUT2D eigenvalue weighted by Crippen LogP contribution is 2.11. The van der Waals surface area contributed by atoms with Gasteiger partial charge in [0.2, 0.25) is 0 Å². The van der Waals surface area contributed by atoms with Gasteiger partial charge in [0.25, 0.3) is 0 Å². The Bertz CT molecular complexity index is 659. The number of aliphatic hydroxyl groups excluding tert-OH is 1. The van der Waals surface area contributed by atoms with E-state index in [4.69, 9.17) is 0 Å². The van der Waals surface area contributed by atoms with Crippen molar-refractivity contribution in [3.63, 3.8) is 0 Å². The first kappa shape index (κ1) is 18.8. The van der Waals surface area contributed by atoms with Gasteiger partial charge in [-0.2, -0.15) is 0 Å². The number of aliphatic hydroxyl groups is 1. The third-order valence-electron chi connectivity index (χ3n) is 3.72. The van der Waals surface area contributed by atoms with E-state index in [-0.39, 0.29) is 18.7 Å². The molecule has 0 aliphatic carbocycles. The van der Waals surface area contributed by atoms with Crippen molar-refractivity contribution in [3.8, 4) is 0 Å². The van der Waals surface area contributed by atoms with Crippen LogP contribution in [0.3, 0.4) is 0 Å². The Morgan fingerprint density at radius 1 is 1.04 bits per heavy atom. The number of amides is 2. The molecule has 0 aliphatic rings. The van der Waals surface area contributed by atoms with E-state index in [1.165, 1.54) is 0 Å². The molecule has 2 aromatic carbocycles. The minimum atomic E-state index is -0.309. The maximum absolute atomic E-state index is 12.1. The monoisotopic (exact) mass is 341 g/mol. The minimum Gasteiger partial charge on any atom is -0.394 e. The highest BCUT2D eigenvalue weighted by molar-refractivity contribution is 5.74. The normalized spacial score (nSPS) is 11.8. The minimum absolute atomic E-state index is 0.101. The number of carbonyl (C=O) groups is 1. The summed E-state index contributed by atoms with van der Waals surface area (Å²) in [4.78, 5) is 12.1. The molecule has 0 aromatic heterocycles. The molecule has 1 atom stereocenters. The molecule has 2 amide bonds. The zero-order chi connectivity index (χ0) is 18.1. The fourth-order valence-electron chi connectivity index (χ4n) is 2.58. The first-order valence-electron chi connectivity index (χ1n) is 8.61. The molecule has 2 aromatic rings. The van der Waals surface area contributed by atoms with Gasteiger partial charge in [-0.1, -0.05) is 42.5 Å². The summed E-state index contributed by atoms with van der Waals surface area (Å²) < 4.78 is 0. The largest absolute Gasteiger partial charge is 0.394 e. The van der Waals surface area contributed by atoms with Gasteiger partial charge < -0.3 is 21.1 Å². The summed E-state index contributed by atoms with van der Waals surface area (Å²) in [6.45, 7) is 4.50. The summed E-state index contributed by atoms with van der Waals surface area (Å²) in [6, 6.07) is 17.5. The molecule has 0 aliphatic heterocycles. The zero-order valence-corrected chi connectivity index (χ0v) is 14.8. The molecular formula is C20H27N3O2. The van der Waals surface area contributed by atoms with Crippen LogP contribution in [0.4, 0.5) is 10.5 Å². The van der Waals surface area contributed by atoms with Crippen molar-refractivity contribution in [1.29, 1.82) is 0 Å². The van der Waals surface area contributed by atoms with Gasteiger partial charge >= 0.3 is 6.03 Å². The van der Waals surface area contributed by atoms with E-state index in [9.17, 15) is 9.90 Å². The van der Waals surface area contributed by atoms with E-state index in [1.54, 1.807) is 0 Å². The van der Waals surface area contributed by atoms with E-state index in [0.717, 1.165) is 16.8 Å². The maximum Gasteiger partial charge on any atom is 0.315 e. The van der Waals surface area contributed by atoms with E-state index in [1.807, 2.05) is 54.6 Å². The second-order valence-corrected chi connectivity index (χ2v) is 6.40. The lowest BCUT2D eigenvalue weighted by Crippen LogP contribution is -2.44. The highest BCUT2D eigenvalue weighted by Gasteiger charge is 2.11. The predicted molar refractivity (Wildman–Crippen MR) is 102 cm³/mol.